The summed E-state index contributed by atoms with van der Waals surface area (Å²) in [6.45, 7) is 10.5. The Labute approximate surface area is 197 Å². The third-order valence-electron chi connectivity index (χ3n) is 4.98. The third kappa shape index (κ3) is 8.26. The Morgan fingerprint density at radius 1 is 1.18 bits per heavy atom. The van der Waals surface area contributed by atoms with Crippen LogP contribution in [0.25, 0.3) is 6.08 Å². The van der Waals surface area contributed by atoms with Gasteiger partial charge in [0.25, 0.3) is 0 Å². The number of carbonyl (C=O) groups excluding carboxylic acids is 2. The summed E-state index contributed by atoms with van der Waals surface area (Å²) in [7, 11) is 1.68. The molecule has 1 fully saturated rings. The van der Waals surface area contributed by atoms with Gasteiger partial charge in [0.05, 0.1) is 19.8 Å². The van der Waals surface area contributed by atoms with Crippen LogP contribution >= 0.6 is 0 Å². The minimum atomic E-state index is -1.36. The van der Waals surface area contributed by atoms with Gasteiger partial charge in [-0.3, -0.25) is 0 Å². The molecule has 0 unspecified atom stereocenters. The van der Waals surface area contributed by atoms with E-state index in [9.17, 15) is 9.59 Å². The molecule has 1 heterocycles. The van der Waals surface area contributed by atoms with Gasteiger partial charge in [0.15, 0.2) is 18.9 Å². The molecule has 1 aliphatic heterocycles. The van der Waals surface area contributed by atoms with Crippen molar-refractivity contribution in [2.45, 2.75) is 63.9 Å². The van der Waals surface area contributed by atoms with Crippen LogP contribution in [0.3, 0.4) is 0 Å². The smallest absolute Gasteiger partial charge is 0.342 e. The average molecular weight is 481 g/mol. The van der Waals surface area contributed by atoms with Gasteiger partial charge in [-0.2, -0.15) is 0 Å². The second-order valence-corrected chi connectivity index (χ2v) is 15.1. The molecule has 1 aromatic carbocycles. The maximum atomic E-state index is 13.0. The van der Waals surface area contributed by atoms with E-state index in [2.05, 4.69) is 19.6 Å². The van der Waals surface area contributed by atoms with Crippen molar-refractivity contribution in [1.29, 1.82) is 0 Å². The molecule has 9 heteroatoms. The normalized spacial score (nSPS) is 20.1. The zero-order chi connectivity index (χ0) is 24.6. The number of methoxy groups -OCH3 is 2. The lowest BCUT2D eigenvalue weighted by atomic mass is 10.0. The molecule has 1 saturated heterocycles. The molecule has 2 rings (SSSR count). The highest BCUT2D eigenvalue weighted by Gasteiger charge is 2.40. The van der Waals surface area contributed by atoms with Gasteiger partial charge in [-0.15, -0.1) is 0 Å². The lowest BCUT2D eigenvalue weighted by molar-refractivity contribution is -0.149. The zero-order valence-electron chi connectivity index (χ0n) is 20.6. The van der Waals surface area contributed by atoms with Crippen LogP contribution in [-0.4, -0.2) is 65.9 Å². The van der Waals surface area contributed by atoms with Gasteiger partial charge in [-0.05, 0) is 37.9 Å². The summed E-state index contributed by atoms with van der Waals surface area (Å²) in [6, 6.07) is 4.22. The summed E-state index contributed by atoms with van der Waals surface area (Å²) in [5.74, 6) is -0.478. The molecular formula is C24H36O8Si. The summed E-state index contributed by atoms with van der Waals surface area (Å²) in [5, 5.41) is 0. The minimum absolute atomic E-state index is 0.0329. The fourth-order valence-electron chi connectivity index (χ4n) is 3.33. The standard InChI is InChI=1S/C24H36O8Si/c1-24(2)31-19(21(15-25)32-24)10-8-9-17-13-18(28-4)14-20(30-16-27-3)22(17)23(26)29-11-12-33(5,6)7/h8-9,13-15,19,21H,10-12,16H2,1-7H3/b9-8+/t19-,21+/m0/s1. The SMILES string of the molecule is COCOc1cc(OC)cc(/C=C/C[C@@H]2OC(C)(C)O[C@@H]2C=O)c1C(=O)OCC[Si](C)(C)C. The van der Waals surface area contributed by atoms with Crippen LogP contribution in [0.1, 0.15) is 36.2 Å². The number of esters is 1. The van der Waals surface area contributed by atoms with E-state index < -0.39 is 32.0 Å². The first-order valence-electron chi connectivity index (χ1n) is 11.0. The van der Waals surface area contributed by atoms with E-state index in [1.807, 2.05) is 6.08 Å². The predicted molar refractivity (Wildman–Crippen MR) is 127 cm³/mol. The highest BCUT2D eigenvalue weighted by Crippen LogP contribution is 2.32. The minimum Gasteiger partial charge on any atom is -0.497 e. The molecule has 0 radical (unpaired) electrons. The number of benzene rings is 1. The van der Waals surface area contributed by atoms with Crippen molar-refractivity contribution in [2.24, 2.45) is 0 Å². The van der Waals surface area contributed by atoms with Crippen LogP contribution in [0, 0.1) is 0 Å². The fraction of sp³-hybridized carbons (Fsp3) is 0.583. The second kappa shape index (κ2) is 11.8. The van der Waals surface area contributed by atoms with Gasteiger partial charge in [0.2, 0.25) is 0 Å². The van der Waals surface area contributed by atoms with E-state index in [0.717, 1.165) is 12.3 Å². The number of aldehydes is 1. The molecule has 0 aliphatic carbocycles. The molecule has 0 N–H and O–H groups in total. The number of carbonyl (C=O) groups is 2. The van der Waals surface area contributed by atoms with Gasteiger partial charge < -0.3 is 33.2 Å². The van der Waals surface area contributed by atoms with Gasteiger partial charge in [0.1, 0.15) is 23.2 Å². The van der Waals surface area contributed by atoms with E-state index in [1.165, 1.54) is 14.2 Å². The summed E-state index contributed by atoms with van der Waals surface area (Å²) in [4.78, 5) is 24.4. The topological polar surface area (TPSA) is 89.5 Å². The first-order valence-corrected chi connectivity index (χ1v) is 14.7. The van der Waals surface area contributed by atoms with Gasteiger partial charge in [0, 0.05) is 21.3 Å². The van der Waals surface area contributed by atoms with Crippen molar-refractivity contribution >= 4 is 26.4 Å². The van der Waals surface area contributed by atoms with Crippen LogP contribution in [0.5, 0.6) is 11.5 Å². The van der Waals surface area contributed by atoms with E-state index in [0.29, 0.717) is 30.1 Å². The first kappa shape index (κ1) is 27.0. The fourth-order valence-corrected chi connectivity index (χ4v) is 4.04. The van der Waals surface area contributed by atoms with Gasteiger partial charge >= 0.3 is 5.97 Å². The van der Waals surface area contributed by atoms with Gasteiger partial charge in [-0.25, -0.2) is 4.79 Å². The zero-order valence-corrected chi connectivity index (χ0v) is 21.6. The van der Waals surface area contributed by atoms with Crippen molar-refractivity contribution in [1.82, 2.24) is 0 Å². The van der Waals surface area contributed by atoms with E-state index >= 15 is 0 Å². The molecule has 0 bridgehead atoms. The highest BCUT2D eigenvalue weighted by molar-refractivity contribution is 6.76. The average Bonchev–Trinajstić information content (AvgIpc) is 3.04. The molecule has 33 heavy (non-hydrogen) atoms. The summed E-state index contributed by atoms with van der Waals surface area (Å²) in [5.41, 5.74) is 0.856. The summed E-state index contributed by atoms with van der Waals surface area (Å²) < 4.78 is 33.1. The molecule has 0 amide bonds. The molecular weight excluding hydrogens is 444 g/mol. The number of hydrogen-bond acceptors (Lipinski definition) is 8. The monoisotopic (exact) mass is 480 g/mol. The van der Waals surface area contributed by atoms with E-state index in [1.54, 1.807) is 32.1 Å². The van der Waals surface area contributed by atoms with Crippen molar-refractivity contribution in [3.8, 4) is 11.5 Å². The molecule has 1 aliphatic rings. The lowest BCUT2D eigenvalue weighted by Crippen LogP contribution is -2.23. The Kier molecular flexibility index (Phi) is 9.66. The Bertz CT molecular complexity index is 844. The maximum absolute atomic E-state index is 13.0. The number of hydrogen-bond donors (Lipinski definition) is 0. The van der Waals surface area contributed by atoms with Gasteiger partial charge in [-0.1, -0.05) is 31.8 Å². The predicted octanol–water partition coefficient (Wildman–Crippen LogP) is 4.30. The molecule has 2 atom stereocenters. The molecule has 8 nitrogen and oxygen atoms in total. The van der Waals surface area contributed by atoms with Crippen molar-refractivity contribution < 1.29 is 38.0 Å². The van der Waals surface area contributed by atoms with Crippen LogP contribution in [0.2, 0.25) is 25.7 Å². The third-order valence-corrected chi connectivity index (χ3v) is 6.69. The van der Waals surface area contributed by atoms with Crippen LogP contribution in [-0.2, 0) is 23.7 Å². The Hall–Kier alpha value is -2.20. The van der Waals surface area contributed by atoms with Crippen molar-refractivity contribution in [2.75, 3.05) is 27.6 Å². The Morgan fingerprint density at radius 3 is 2.52 bits per heavy atom. The molecule has 0 spiro atoms. The quantitative estimate of drug-likeness (QED) is 0.189. The molecule has 1 aromatic rings. The Balaban J connectivity index is 2.30. The van der Waals surface area contributed by atoms with E-state index in [-0.39, 0.29) is 12.4 Å². The molecule has 0 saturated carbocycles. The molecule has 184 valence electrons. The maximum Gasteiger partial charge on any atom is 0.342 e. The van der Waals surface area contributed by atoms with Crippen LogP contribution in [0.4, 0.5) is 0 Å². The largest absolute Gasteiger partial charge is 0.497 e. The summed E-state index contributed by atoms with van der Waals surface area (Å²) >= 11 is 0. The van der Waals surface area contributed by atoms with Crippen LogP contribution in [0.15, 0.2) is 18.2 Å². The summed E-state index contributed by atoms with van der Waals surface area (Å²) in [6.07, 6.45) is 3.70. The Morgan fingerprint density at radius 2 is 1.91 bits per heavy atom. The van der Waals surface area contributed by atoms with E-state index in [4.69, 9.17) is 28.4 Å². The number of ether oxygens (including phenoxy) is 6. The van der Waals surface area contributed by atoms with Crippen molar-refractivity contribution in [3.05, 3.63) is 29.3 Å². The van der Waals surface area contributed by atoms with Crippen molar-refractivity contribution in [3.63, 3.8) is 0 Å². The first-order chi connectivity index (χ1) is 15.5. The van der Waals surface area contributed by atoms with Crippen LogP contribution < -0.4 is 9.47 Å². The highest BCUT2D eigenvalue weighted by atomic mass is 28.3. The number of rotatable bonds is 12. The second-order valence-electron chi connectivity index (χ2n) is 9.50. The lowest BCUT2D eigenvalue weighted by Gasteiger charge is -2.18. The molecule has 0 aromatic heterocycles.